The molecule has 1 aliphatic rings. The van der Waals surface area contributed by atoms with E-state index in [0.717, 1.165) is 16.7 Å². The summed E-state index contributed by atoms with van der Waals surface area (Å²) in [5, 5.41) is 1.97. The van der Waals surface area contributed by atoms with Gasteiger partial charge in [0.15, 0.2) is 11.5 Å². The number of anilines is 1. The zero-order chi connectivity index (χ0) is 21.0. The molecule has 0 spiro atoms. The molecule has 2 aromatic carbocycles. The molecule has 1 N–H and O–H groups in total. The third kappa shape index (κ3) is 4.75. The molecule has 1 fully saturated rings. The lowest BCUT2D eigenvalue weighted by atomic mass is 10.2. The van der Waals surface area contributed by atoms with Crippen molar-refractivity contribution in [2.45, 2.75) is 0 Å². The number of benzene rings is 2. The zero-order valence-electron chi connectivity index (χ0n) is 15.6. The van der Waals surface area contributed by atoms with Gasteiger partial charge in [-0.2, -0.15) is 0 Å². The third-order valence-corrected chi connectivity index (χ3v) is 4.92. The Morgan fingerprint density at radius 1 is 1.10 bits per heavy atom. The van der Waals surface area contributed by atoms with Gasteiger partial charge in [-0.1, -0.05) is 6.07 Å². The Hall–Kier alpha value is -3.33. The van der Waals surface area contributed by atoms with Gasteiger partial charge in [-0.15, -0.1) is 0 Å². The quantitative estimate of drug-likeness (QED) is 0.726. The lowest BCUT2D eigenvalue weighted by Gasteiger charge is -2.12. The van der Waals surface area contributed by atoms with Crippen LogP contribution in [0.1, 0.15) is 5.56 Å². The summed E-state index contributed by atoms with van der Waals surface area (Å²) in [6.45, 7) is -0.439. The van der Waals surface area contributed by atoms with Crippen LogP contribution < -0.4 is 14.8 Å². The Morgan fingerprint density at radius 2 is 1.79 bits per heavy atom. The maximum absolute atomic E-state index is 12.9. The fraction of sp³-hybridized carbons (Fsp3) is 0.150. The van der Waals surface area contributed by atoms with Crippen LogP contribution in [-0.2, 0) is 9.59 Å². The summed E-state index contributed by atoms with van der Waals surface area (Å²) in [6, 6.07) is 10.2. The van der Waals surface area contributed by atoms with E-state index in [-0.39, 0.29) is 4.91 Å². The van der Waals surface area contributed by atoms with Crippen LogP contribution in [0.25, 0.3) is 6.08 Å². The molecule has 150 valence electrons. The minimum atomic E-state index is -0.566. The normalized spacial score (nSPS) is 15.0. The van der Waals surface area contributed by atoms with Crippen molar-refractivity contribution in [1.82, 2.24) is 4.90 Å². The van der Waals surface area contributed by atoms with Gasteiger partial charge in [0, 0.05) is 5.69 Å². The van der Waals surface area contributed by atoms with E-state index in [1.54, 1.807) is 24.3 Å². The number of hydrogen-bond acceptors (Lipinski definition) is 6. The van der Waals surface area contributed by atoms with Gasteiger partial charge in [0.25, 0.3) is 11.1 Å². The smallest absolute Gasteiger partial charge is 0.294 e. The monoisotopic (exact) mass is 416 g/mol. The molecule has 0 radical (unpaired) electrons. The van der Waals surface area contributed by atoms with Gasteiger partial charge in [-0.3, -0.25) is 19.3 Å². The van der Waals surface area contributed by atoms with Crippen molar-refractivity contribution in [3.63, 3.8) is 0 Å². The molecule has 9 heteroatoms. The highest BCUT2D eigenvalue weighted by Gasteiger charge is 2.36. The third-order valence-electron chi connectivity index (χ3n) is 4.01. The van der Waals surface area contributed by atoms with Crippen LogP contribution in [0, 0.1) is 5.82 Å². The summed E-state index contributed by atoms with van der Waals surface area (Å²) in [5.41, 5.74) is 1.01. The Morgan fingerprint density at radius 3 is 2.45 bits per heavy atom. The molecule has 0 atom stereocenters. The second-order valence-electron chi connectivity index (χ2n) is 5.94. The average Bonchev–Trinajstić information content (AvgIpc) is 2.97. The number of hydrogen-bond donors (Lipinski definition) is 1. The molecule has 1 saturated heterocycles. The number of nitrogens with zero attached hydrogens (tertiary/aromatic N) is 1. The van der Waals surface area contributed by atoms with Gasteiger partial charge >= 0.3 is 0 Å². The first-order valence-electron chi connectivity index (χ1n) is 8.44. The fourth-order valence-corrected chi connectivity index (χ4v) is 3.45. The Labute approximate surface area is 170 Å². The van der Waals surface area contributed by atoms with Crippen LogP contribution in [-0.4, -0.2) is 42.7 Å². The van der Waals surface area contributed by atoms with E-state index in [1.165, 1.54) is 38.5 Å². The molecule has 0 aliphatic carbocycles. The zero-order valence-corrected chi connectivity index (χ0v) is 16.4. The SMILES string of the molecule is COc1ccc(/C=C2\SC(=O)N(CC(=O)Nc3ccc(F)cc3)C2=O)cc1OC. The van der Waals surface area contributed by atoms with Crippen LogP contribution >= 0.6 is 11.8 Å². The molecule has 3 amide bonds. The molecular weight excluding hydrogens is 399 g/mol. The van der Waals surface area contributed by atoms with Crippen molar-refractivity contribution in [3.8, 4) is 11.5 Å². The molecule has 2 aromatic rings. The lowest BCUT2D eigenvalue weighted by molar-refractivity contribution is -0.127. The maximum atomic E-state index is 12.9. The molecule has 1 aliphatic heterocycles. The summed E-state index contributed by atoms with van der Waals surface area (Å²) in [4.78, 5) is 38.0. The molecule has 0 saturated carbocycles. The number of thioether (sulfide) groups is 1. The molecular formula is C20H17FN2O5S. The van der Waals surface area contributed by atoms with Crippen molar-refractivity contribution in [2.24, 2.45) is 0 Å². The van der Waals surface area contributed by atoms with Crippen molar-refractivity contribution >= 4 is 40.6 Å². The summed E-state index contributed by atoms with van der Waals surface area (Å²) in [6.07, 6.45) is 1.55. The standard InChI is InChI=1S/C20H17FN2O5S/c1-27-15-8-3-12(9-16(15)28-2)10-17-19(25)23(20(26)29-17)11-18(24)22-14-6-4-13(21)5-7-14/h3-10H,11H2,1-2H3,(H,22,24)/b17-10-. The number of carbonyl (C=O) groups is 3. The number of carbonyl (C=O) groups excluding carboxylic acids is 3. The van der Waals surface area contributed by atoms with Crippen molar-refractivity contribution in [1.29, 1.82) is 0 Å². The topological polar surface area (TPSA) is 84.9 Å². The van der Waals surface area contributed by atoms with E-state index in [2.05, 4.69) is 5.32 Å². The highest BCUT2D eigenvalue weighted by atomic mass is 32.2. The first kappa shape index (κ1) is 20.4. The number of imide groups is 1. The summed E-state index contributed by atoms with van der Waals surface area (Å²) < 4.78 is 23.3. The Kier molecular flexibility index (Phi) is 6.18. The van der Waals surface area contributed by atoms with Gasteiger partial charge < -0.3 is 14.8 Å². The average molecular weight is 416 g/mol. The van der Waals surface area contributed by atoms with Gasteiger partial charge in [0.05, 0.1) is 19.1 Å². The number of nitrogens with one attached hydrogen (secondary N) is 1. The molecule has 0 aromatic heterocycles. The largest absolute Gasteiger partial charge is 0.493 e. The van der Waals surface area contributed by atoms with Crippen LogP contribution in [0.2, 0.25) is 0 Å². The van der Waals surface area contributed by atoms with Crippen molar-refractivity contribution in [2.75, 3.05) is 26.1 Å². The minimum Gasteiger partial charge on any atom is -0.493 e. The summed E-state index contributed by atoms with van der Waals surface area (Å²) >= 11 is 0.747. The number of halogens is 1. The fourth-order valence-electron chi connectivity index (χ4n) is 2.61. The van der Waals surface area contributed by atoms with E-state index in [4.69, 9.17) is 9.47 Å². The van der Waals surface area contributed by atoms with Gasteiger partial charge in [0.1, 0.15) is 12.4 Å². The molecule has 3 rings (SSSR count). The molecule has 29 heavy (non-hydrogen) atoms. The summed E-state index contributed by atoms with van der Waals surface area (Å²) in [7, 11) is 3.01. The van der Waals surface area contributed by atoms with Gasteiger partial charge in [0.2, 0.25) is 5.91 Å². The Balaban J connectivity index is 1.71. The minimum absolute atomic E-state index is 0.191. The van der Waals surface area contributed by atoms with Crippen LogP contribution in [0.3, 0.4) is 0 Å². The van der Waals surface area contributed by atoms with E-state index < -0.39 is 29.4 Å². The van der Waals surface area contributed by atoms with E-state index in [1.807, 2.05) is 0 Å². The van der Waals surface area contributed by atoms with Crippen LogP contribution in [0.5, 0.6) is 11.5 Å². The highest BCUT2D eigenvalue weighted by molar-refractivity contribution is 8.18. The summed E-state index contributed by atoms with van der Waals surface area (Å²) in [5.74, 6) is -0.543. The predicted octanol–water partition coefficient (Wildman–Crippen LogP) is 3.52. The van der Waals surface area contributed by atoms with Crippen LogP contribution in [0.4, 0.5) is 14.9 Å². The molecule has 0 unspecified atom stereocenters. The molecule has 1 heterocycles. The highest BCUT2D eigenvalue weighted by Crippen LogP contribution is 2.34. The number of amides is 3. The maximum Gasteiger partial charge on any atom is 0.294 e. The molecule has 7 nitrogen and oxygen atoms in total. The second kappa shape index (κ2) is 8.78. The first-order chi connectivity index (χ1) is 13.9. The van der Waals surface area contributed by atoms with Crippen LogP contribution in [0.15, 0.2) is 47.4 Å². The van der Waals surface area contributed by atoms with Crippen molar-refractivity contribution < 1.29 is 28.2 Å². The Bertz CT molecular complexity index is 991. The van der Waals surface area contributed by atoms with E-state index in [9.17, 15) is 18.8 Å². The second-order valence-corrected chi connectivity index (χ2v) is 6.93. The first-order valence-corrected chi connectivity index (χ1v) is 9.25. The number of rotatable bonds is 6. The lowest BCUT2D eigenvalue weighted by Crippen LogP contribution is -2.36. The number of ether oxygens (including phenoxy) is 2. The van der Waals surface area contributed by atoms with Gasteiger partial charge in [-0.05, 0) is 59.8 Å². The van der Waals surface area contributed by atoms with Gasteiger partial charge in [-0.25, -0.2) is 4.39 Å². The molecule has 0 bridgehead atoms. The predicted molar refractivity (Wildman–Crippen MR) is 107 cm³/mol. The van der Waals surface area contributed by atoms with Crippen molar-refractivity contribution in [3.05, 3.63) is 58.8 Å². The van der Waals surface area contributed by atoms with E-state index in [0.29, 0.717) is 22.7 Å². The number of methoxy groups -OCH3 is 2. The van der Waals surface area contributed by atoms with E-state index >= 15 is 0 Å².